The fraction of sp³-hybridized carbons (Fsp3) is 0.846. The summed E-state index contributed by atoms with van der Waals surface area (Å²) in [7, 11) is 0. The highest BCUT2D eigenvalue weighted by molar-refractivity contribution is 5.02. The van der Waals surface area contributed by atoms with Crippen LogP contribution in [0.2, 0.25) is 0 Å². The fourth-order valence-corrected chi connectivity index (χ4v) is 2.20. The van der Waals surface area contributed by atoms with Crippen molar-refractivity contribution in [1.29, 1.82) is 0 Å². The topological polar surface area (TPSA) is 56.7 Å². The highest BCUT2D eigenvalue weighted by Gasteiger charge is 2.25. The van der Waals surface area contributed by atoms with Gasteiger partial charge < -0.3 is 10.3 Å². The van der Waals surface area contributed by atoms with Crippen LogP contribution in [0.25, 0.3) is 0 Å². The van der Waals surface area contributed by atoms with E-state index in [1.54, 1.807) is 0 Å². The number of hydrogen-bond donors (Lipinski definition) is 1. The summed E-state index contributed by atoms with van der Waals surface area (Å²) in [5.41, 5.74) is 6.34. The normalized spacial score (nSPS) is 22.3. The first-order valence-electron chi connectivity index (χ1n) is 6.54. The van der Waals surface area contributed by atoms with Gasteiger partial charge in [0.05, 0.1) is 0 Å². The number of hydrogen-bond acceptors (Lipinski definition) is 3. The molecule has 0 bridgehead atoms. The van der Waals surface area contributed by atoms with Gasteiger partial charge in [0.1, 0.15) is 11.6 Å². The molecule has 2 heterocycles. The smallest absolute Gasteiger partial charge is 0.134 e. The van der Waals surface area contributed by atoms with Gasteiger partial charge in [-0.05, 0) is 17.8 Å². The van der Waals surface area contributed by atoms with Crippen LogP contribution in [-0.4, -0.2) is 20.8 Å². The van der Waals surface area contributed by atoms with E-state index in [9.17, 15) is 0 Å². The fourth-order valence-electron chi connectivity index (χ4n) is 2.20. The zero-order valence-corrected chi connectivity index (χ0v) is 11.4. The van der Waals surface area contributed by atoms with Gasteiger partial charge in [-0.2, -0.15) is 0 Å². The van der Waals surface area contributed by atoms with Crippen LogP contribution in [0.3, 0.4) is 0 Å². The molecule has 0 saturated carbocycles. The molecule has 4 nitrogen and oxygen atoms in total. The Morgan fingerprint density at radius 3 is 2.76 bits per heavy atom. The van der Waals surface area contributed by atoms with E-state index < -0.39 is 0 Å². The zero-order chi connectivity index (χ0) is 12.6. The SMILES string of the molecule is CC1CCn2c(nnc2CC(N)C(C)(C)C)C1. The molecule has 1 aliphatic rings. The minimum absolute atomic E-state index is 0.119. The molecule has 2 rings (SSSR count). The van der Waals surface area contributed by atoms with E-state index in [0.717, 1.165) is 37.0 Å². The summed E-state index contributed by atoms with van der Waals surface area (Å²) >= 11 is 0. The van der Waals surface area contributed by atoms with Crippen molar-refractivity contribution >= 4 is 0 Å². The average molecular weight is 236 g/mol. The Hall–Kier alpha value is -0.900. The molecule has 0 amide bonds. The lowest BCUT2D eigenvalue weighted by atomic mass is 9.85. The van der Waals surface area contributed by atoms with Gasteiger partial charge >= 0.3 is 0 Å². The minimum Gasteiger partial charge on any atom is -0.327 e. The second-order valence-electron chi connectivity index (χ2n) is 6.46. The Kier molecular flexibility index (Phi) is 3.25. The molecule has 1 aliphatic heterocycles. The number of nitrogens with zero attached hydrogens (tertiary/aromatic N) is 3. The van der Waals surface area contributed by atoms with Crippen molar-refractivity contribution in [3.05, 3.63) is 11.6 Å². The number of rotatable bonds is 2. The lowest BCUT2D eigenvalue weighted by Crippen LogP contribution is -2.38. The third kappa shape index (κ3) is 2.68. The van der Waals surface area contributed by atoms with Crippen molar-refractivity contribution in [1.82, 2.24) is 14.8 Å². The monoisotopic (exact) mass is 236 g/mol. The van der Waals surface area contributed by atoms with Crippen molar-refractivity contribution in [2.45, 2.75) is 59.5 Å². The average Bonchev–Trinajstić information content (AvgIpc) is 2.59. The summed E-state index contributed by atoms with van der Waals surface area (Å²) in [6, 6.07) is 0.134. The van der Waals surface area contributed by atoms with Crippen molar-refractivity contribution in [2.24, 2.45) is 17.1 Å². The third-order valence-electron chi connectivity index (χ3n) is 3.80. The standard InChI is InChI=1S/C13H24N4/c1-9-5-6-17-11(7-9)15-16-12(17)8-10(14)13(2,3)4/h9-10H,5-8,14H2,1-4H3. The Morgan fingerprint density at radius 2 is 2.12 bits per heavy atom. The first-order valence-corrected chi connectivity index (χ1v) is 6.54. The molecule has 0 saturated heterocycles. The maximum Gasteiger partial charge on any atom is 0.134 e. The second kappa shape index (κ2) is 4.41. The predicted octanol–water partition coefficient (Wildman–Crippen LogP) is 1.78. The molecule has 0 spiro atoms. The second-order valence-corrected chi connectivity index (χ2v) is 6.46. The summed E-state index contributed by atoms with van der Waals surface area (Å²) < 4.78 is 2.27. The van der Waals surface area contributed by atoms with Gasteiger partial charge in [-0.3, -0.25) is 0 Å². The van der Waals surface area contributed by atoms with Crippen LogP contribution in [0.1, 0.15) is 45.8 Å². The van der Waals surface area contributed by atoms with Crippen LogP contribution in [0, 0.1) is 11.3 Å². The first kappa shape index (κ1) is 12.6. The summed E-state index contributed by atoms with van der Waals surface area (Å²) in [6.07, 6.45) is 3.10. The molecule has 0 fully saturated rings. The van der Waals surface area contributed by atoms with Crippen LogP contribution < -0.4 is 5.73 Å². The van der Waals surface area contributed by atoms with E-state index in [4.69, 9.17) is 5.73 Å². The van der Waals surface area contributed by atoms with Crippen LogP contribution in [0.5, 0.6) is 0 Å². The lowest BCUT2D eigenvalue weighted by Gasteiger charge is -2.27. The molecular formula is C13H24N4. The number of aromatic nitrogens is 3. The summed E-state index contributed by atoms with van der Waals surface area (Å²) in [5, 5.41) is 8.62. The highest BCUT2D eigenvalue weighted by Crippen LogP contribution is 2.23. The Labute approximate surface area is 104 Å². The van der Waals surface area contributed by atoms with Crippen LogP contribution >= 0.6 is 0 Å². The molecule has 0 aliphatic carbocycles. The maximum atomic E-state index is 6.22. The van der Waals surface area contributed by atoms with Gasteiger partial charge in [-0.25, -0.2) is 0 Å². The van der Waals surface area contributed by atoms with E-state index in [2.05, 4.69) is 42.5 Å². The molecular weight excluding hydrogens is 212 g/mol. The highest BCUT2D eigenvalue weighted by atomic mass is 15.3. The molecule has 2 N–H and O–H groups in total. The molecule has 2 unspecified atom stereocenters. The lowest BCUT2D eigenvalue weighted by molar-refractivity contribution is 0.309. The van der Waals surface area contributed by atoms with E-state index in [1.807, 2.05) is 0 Å². The Balaban J connectivity index is 2.13. The summed E-state index contributed by atoms with van der Waals surface area (Å²) in [4.78, 5) is 0. The molecule has 4 heteroatoms. The molecule has 96 valence electrons. The van der Waals surface area contributed by atoms with Gasteiger partial charge in [-0.1, -0.05) is 27.7 Å². The van der Waals surface area contributed by atoms with Crippen LogP contribution in [0.4, 0.5) is 0 Å². The van der Waals surface area contributed by atoms with Gasteiger partial charge in [0, 0.05) is 25.4 Å². The van der Waals surface area contributed by atoms with Crippen molar-refractivity contribution < 1.29 is 0 Å². The van der Waals surface area contributed by atoms with Crippen molar-refractivity contribution in [2.75, 3.05) is 0 Å². The Bertz CT molecular complexity index is 389. The largest absolute Gasteiger partial charge is 0.327 e. The minimum atomic E-state index is 0.119. The van der Waals surface area contributed by atoms with Gasteiger partial charge in [0.2, 0.25) is 0 Å². The third-order valence-corrected chi connectivity index (χ3v) is 3.80. The summed E-state index contributed by atoms with van der Waals surface area (Å²) in [5.74, 6) is 2.94. The van der Waals surface area contributed by atoms with Crippen LogP contribution in [0.15, 0.2) is 0 Å². The predicted molar refractivity (Wildman–Crippen MR) is 68.6 cm³/mol. The quantitative estimate of drug-likeness (QED) is 0.851. The number of fused-ring (bicyclic) bond motifs is 1. The number of nitrogens with two attached hydrogens (primary N) is 1. The van der Waals surface area contributed by atoms with E-state index in [1.165, 1.54) is 6.42 Å². The van der Waals surface area contributed by atoms with Crippen molar-refractivity contribution in [3.8, 4) is 0 Å². The molecule has 1 aromatic heterocycles. The van der Waals surface area contributed by atoms with E-state index in [-0.39, 0.29) is 11.5 Å². The van der Waals surface area contributed by atoms with Crippen molar-refractivity contribution in [3.63, 3.8) is 0 Å². The zero-order valence-electron chi connectivity index (χ0n) is 11.4. The summed E-state index contributed by atoms with van der Waals surface area (Å²) in [6.45, 7) is 9.85. The first-order chi connectivity index (χ1) is 7.88. The van der Waals surface area contributed by atoms with E-state index >= 15 is 0 Å². The van der Waals surface area contributed by atoms with E-state index in [0.29, 0.717) is 0 Å². The van der Waals surface area contributed by atoms with Gasteiger partial charge in [0.25, 0.3) is 0 Å². The maximum absolute atomic E-state index is 6.22. The van der Waals surface area contributed by atoms with Gasteiger partial charge in [0.15, 0.2) is 0 Å². The van der Waals surface area contributed by atoms with Gasteiger partial charge in [-0.15, -0.1) is 10.2 Å². The molecule has 2 atom stereocenters. The Morgan fingerprint density at radius 1 is 1.41 bits per heavy atom. The molecule has 17 heavy (non-hydrogen) atoms. The van der Waals surface area contributed by atoms with Crippen LogP contribution in [-0.2, 0) is 19.4 Å². The molecule has 0 aromatic carbocycles. The molecule has 0 radical (unpaired) electrons. The molecule has 1 aromatic rings.